The number of methoxy groups -OCH3 is 1. The largest absolute Gasteiger partial charge is 0.496 e. The van der Waals surface area contributed by atoms with E-state index >= 15 is 0 Å². The predicted octanol–water partition coefficient (Wildman–Crippen LogP) is 5.11. The van der Waals surface area contributed by atoms with Crippen LogP contribution in [-0.4, -0.2) is 12.3 Å². The summed E-state index contributed by atoms with van der Waals surface area (Å²) in [6.45, 7) is 0.524. The lowest BCUT2D eigenvalue weighted by Crippen LogP contribution is -2.07. The Labute approximate surface area is 158 Å². The summed E-state index contributed by atoms with van der Waals surface area (Å²) in [5.41, 5.74) is 10.8. The smallest absolute Gasteiger partial charge is 0.154 e. The Morgan fingerprint density at radius 3 is 2.27 bits per heavy atom. The molecule has 3 aromatic carbocycles. The number of thioether (sulfide) groups is 1. The highest BCUT2D eigenvalue weighted by Gasteiger charge is 2.02. The molecule has 4 heteroatoms. The molecule has 0 aromatic heterocycles. The van der Waals surface area contributed by atoms with E-state index < -0.39 is 0 Å². The van der Waals surface area contributed by atoms with Gasteiger partial charge in [-0.15, -0.1) is 0 Å². The minimum atomic E-state index is 0.524. The van der Waals surface area contributed by atoms with Crippen LogP contribution in [0.1, 0.15) is 11.1 Å². The van der Waals surface area contributed by atoms with Crippen LogP contribution in [0.3, 0.4) is 0 Å². The third-order valence-electron chi connectivity index (χ3n) is 4.05. The van der Waals surface area contributed by atoms with Gasteiger partial charge in [0.05, 0.1) is 13.7 Å². The number of ether oxygens (including phenoxy) is 1. The Hall–Kier alpha value is -2.72. The highest BCUT2D eigenvalue weighted by atomic mass is 32.2. The van der Waals surface area contributed by atoms with E-state index in [1.54, 1.807) is 18.9 Å². The van der Waals surface area contributed by atoms with Gasteiger partial charge >= 0.3 is 0 Å². The summed E-state index contributed by atoms with van der Waals surface area (Å²) in [6, 6.07) is 26.8. The van der Waals surface area contributed by atoms with Gasteiger partial charge in [0.2, 0.25) is 0 Å². The minimum Gasteiger partial charge on any atom is -0.496 e. The zero-order chi connectivity index (χ0) is 18.2. The van der Waals surface area contributed by atoms with Gasteiger partial charge in [0, 0.05) is 11.3 Å². The molecule has 3 rings (SSSR count). The SMILES string of the molecule is COc1ccccc1CN=C(N)SCc1ccc(-c2ccccc2)cc1. The second-order valence-corrected chi connectivity index (χ2v) is 6.81. The molecule has 0 aliphatic carbocycles. The fourth-order valence-electron chi connectivity index (χ4n) is 2.62. The Balaban J connectivity index is 1.56. The lowest BCUT2D eigenvalue weighted by molar-refractivity contribution is 0.410. The molecule has 0 unspecified atom stereocenters. The molecule has 0 amide bonds. The van der Waals surface area contributed by atoms with E-state index in [9.17, 15) is 0 Å². The van der Waals surface area contributed by atoms with Gasteiger partial charge in [0.15, 0.2) is 5.17 Å². The Bertz CT molecular complexity index is 861. The van der Waals surface area contributed by atoms with Crippen LogP contribution in [0.2, 0.25) is 0 Å². The minimum absolute atomic E-state index is 0.524. The Kier molecular flexibility index (Phi) is 6.34. The second kappa shape index (κ2) is 9.11. The predicted molar refractivity (Wildman–Crippen MR) is 111 cm³/mol. The molecular weight excluding hydrogens is 340 g/mol. The molecule has 0 atom stereocenters. The van der Waals surface area contributed by atoms with E-state index in [1.165, 1.54) is 16.7 Å². The summed E-state index contributed by atoms with van der Waals surface area (Å²) in [5.74, 6) is 1.64. The lowest BCUT2D eigenvalue weighted by Gasteiger charge is -2.07. The molecule has 0 aliphatic rings. The zero-order valence-corrected chi connectivity index (χ0v) is 15.6. The summed E-state index contributed by atoms with van der Waals surface area (Å²) < 4.78 is 5.34. The number of nitrogens with two attached hydrogens (primary N) is 1. The number of hydrogen-bond acceptors (Lipinski definition) is 3. The van der Waals surface area contributed by atoms with Gasteiger partial charge in [-0.25, -0.2) is 0 Å². The molecule has 0 spiro atoms. The summed E-state index contributed by atoms with van der Waals surface area (Å²) in [5, 5.41) is 0.586. The summed E-state index contributed by atoms with van der Waals surface area (Å²) in [6.07, 6.45) is 0. The average molecular weight is 362 g/mol. The number of aliphatic imine (C=N–C) groups is 1. The van der Waals surface area contributed by atoms with Crippen LogP contribution in [-0.2, 0) is 12.3 Å². The number of amidine groups is 1. The van der Waals surface area contributed by atoms with E-state index in [2.05, 4.69) is 53.5 Å². The molecule has 0 aliphatic heterocycles. The third-order valence-corrected chi connectivity index (χ3v) is 4.95. The first-order chi connectivity index (χ1) is 12.8. The molecule has 0 saturated carbocycles. The van der Waals surface area contributed by atoms with Crippen LogP contribution in [0.15, 0.2) is 83.9 Å². The molecule has 132 valence electrons. The van der Waals surface area contributed by atoms with E-state index in [-0.39, 0.29) is 0 Å². The average Bonchev–Trinajstić information content (AvgIpc) is 2.72. The Morgan fingerprint density at radius 2 is 1.54 bits per heavy atom. The molecule has 0 heterocycles. The highest BCUT2D eigenvalue weighted by Crippen LogP contribution is 2.22. The molecule has 3 nitrogen and oxygen atoms in total. The molecule has 0 saturated heterocycles. The van der Waals surface area contributed by atoms with E-state index in [0.717, 1.165) is 17.1 Å². The monoisotopic (exact) mass is 362 g/mol. The lowest BCUT2D eigenvalue weighted by atomic mass is 10.0. The first-order valence-corrected chi connectivity index (χ1v) is 9.44. The van der Waals surface area contributed by atoms with Gasteiger partial charge in [-0.2, -0.15) is 0 Å². The van der Waals surface area contributed by atoms with E-state index in [4.69, 9.17) is 10.5 Å². The molecule has 2 N–H and O–H groups in total. The van der Waals surface area contributed by atoms with Crippen molar-refractivity contribution in [2.24, 2.45) is 10.7 Å². The maximum absolute atomic E-state index is 6.05. The van der Waals surface area contributed by atoms with Crippen LogP contribution in [0.5, 0.6) is 5.75 Å². The van der Waals surface area contributed by atoms with Crippen LogP contribution in [0.25, 0.3) is 11.1 Å². The third kappa shape index (κ3) is 4.90. The maximum Gasteiger partial charge on any atom is 0.154 e. The summed E-state index contributed by atoms with van der Waals surface area (Å²) in [4.78, 5) is 4.46. The number of para-hydroxylation sites is 1. The quantitative estimate of drug-likeness (QED) is 0.489. The maximum atomic E-state index is 6.05. The first-order valence-electron chi connectivity index (χ1n) is 8.45. The molecule has 3 aromatic rings. The standard InChI is InChI=1S/C22H22N2OS/c1-25-21-10-6-5-9-20(21)15-24-22(23)26-16-17-11-13-19(14-12-17)18-7-3-2-4-8-18/h2-14H,15-16H2,1H3,(H2,23,24). The van der Waals surface area contributed by atoms with Crippen molar-refractivity contribution in [1.29, 1.82) is 0 Å². The number of nitrogens with zero attached hydrogens (tertiary/aromatic N) is 1. The number of benzene rings is 3. The molecule has 0 radical (unpaired) electrons. The molecule has 0 fully saturated rings. The van der Waals surface area contributed by atoms with Crippen molar-refractivity contribution >= 4 is 16.9 Å². The highest BCUT2D eigenvalue weighted by molar-refractivity contribution is 8.13. The fraction of sp³-hybridized carbons (Fsp3) is 0.136. The Morgan fingerprint density at radius 1 is 0.885 bits per heavy atom. The normalized spacial score (nSPS) is 11.3. The van der Waals surface area contributed by atoms with Gasteiger partial charge in [0.25, 0.3) is 0 Å². The topological polar surface area (TPSA) is 47.6 Å². The first kappa shape index (κ1) is 18.1. The van der Waals surface area contributed by atoms with Crippen LogP contribution < -0.4 is 10.5 Å². The van der Waals surface area contributed by atoms with Gasteiger partial charge in [-0.05, 0) is 22.8 Å². The summed E-state index contributed by atoms with van der Waals surface area (Å²) >= 11 is 1.55. The van der Waals surface area contributed by atoms with Crippen molar-refractivity contribution in [1.82, 2.24) is 0 Å². The van der Waals surface area contributed by atoms with Gasteiger partial charge in [0.1, 0.15) is 5.75 Å². The van der Waals surface area contributed by atoms with E-state index in [1.807, 2.05) is 30.3 Å². The fourth-order valence-corrected chi connectivity index (χ4v) is 3.29. The van der Waals surface area contributed by atoms with E-state index in [0.29, 0.717) is 11.7 Å². The number of rotatable bonds is 6. The van der Waals surface area contributed by atoms with Crippen LogP contribution in [0.4, 0.5) is 0 Å². The van der Waals surface area contributed by atoms with Crippen LogP contribution >= 0.6 is 11.8 Å². The zero-order valence-electron chi connectivity index (χ0n) is 14.8. The van der Waals surface area contributed by atoms with Gasteiger partial charge < -0.3 is 10.5 Å². The van der Waals surface area contributed by atoms with Crippen molar-refractivity contribution < 1.29 is 4.74 Å². The van der Waals surface area contributed by atoms with Gasteiger partial charge in [-0.1, -0.05) is 84.6 Å². The van der Waals surface area contributed by atoms with Crippen LogP contribution in [0, 0.1) is 0 Å². The van der Waals surface area contributed by atoms with Gasteiger partial charge in [-0.3, -0.25) is 4.99 Å². The molecular formula is C22H22N2OS. The number of hydrogen-bond donors (Lipinski definition) is 1. The van der Waals surface area contributed by atoms with Crippen molar-refractivity contribution in [3.63, 3.8) is 0 Å². The summed E-state index contributed by atoms with van der Waals surface area (Å²) in [7, 11) is 1.67. The van der Waals surface area contributed by atoms with Crippen molar-refractivity contribution in [2.45, 2.75) is 12.3 Å². The van der Waals surface area contributed by atoms with Crippen molar-refractivity contribution in [3.8, 4) is 16.9 Å². The molecule has 0 bridgehead atoms. The second-order valence-electron chi connectivity index (χ2n) is 5.82. The van der Waals surface area contributed by atoms with Crippen molar-refractivity contribution in [2.75, 3.05) is 7.11 Å². The molecule has 26 heavy (non-hydrogen) atoms. The van der Waals surface area contributed by atoms with Crippen molar-refractivity contribution in [3.05, 3.63) is 90.0 Å².